The van der Waals surface area contributed by atoms with E-state index in [-0.39, 0.29) is 11.9 Å². The van der Waals surface area contributed by atoms with E-state index < -0.39 is 0 Å². The van der Waals surface area contributed by atoms with E-state index in [0.29, 0.717) is 19.0 Å². The molecular weight excluding hydrogens is 306 g/mol. The van der Waals surface area contributed by atoms with Gasteiger partial charge in [-0.3, -0.25) is 4.79 Å². The van der Waals surface area contributed by atoms with Crippen LogP contribution in [0.3, 0.4) is 0 Å². The van der Waals surface area contributed by atoms with E-state index in [4.69, 9.17) is 4.74 Å². The van der Waals surface area contributed by atoms with E-state index in [1.807, 2.05) is 39.0 Å². The number of nitrogens with zero attached hydrogens (tertiary/aromatic N) is 5. The lowest BCUT2D eigenvalue weighted by atomic mass is 9.98. The number of carbonyl (C=O) groups excluding carboxylic acids is 1. The number of aromatic nitrogens is 4. The average molecular weight is 329 g/mol. The third-order valence-corrected chi connectivity index (χ3v) is 4.23. The van der Waals surface area contributed by atoms with Gasteiger partial charge >= 0.3 is 5.97 Å². The van der Waals surface area contributed by atoms with Crippen LogP contribution in [0.1, 0.15) is 31.2 Å². The molecule has 7 nitrogen and oxygen atoms in total. The number of piperidine rings is 1. The van der Waals surface area contributed by atoms with Crippen molar-refractivity contribution in [2.75, 3.05) is 24.6 Å². The van der Waals surface area contributed by atoms with E-state index in [1.54, 1.807) is 4.68 Å². The molecule has 1 fully saturated rings. The molecule has 2 aromatic rings. The number of carbonyl (C=O) groups is 1. The Morgan fingerprint density at radius 1 is 1.29 bits per heavy atom. The maximum atomic E-state index is 12.0. The first-order valence-corrected chi connectivity index (χ1v) is 8.37. The Labute approximate surface area is 141 Å². The molecule has 1 saturated heterocycles. The zero-order valence-corrected chi connectivity index (χ0v) is 14.4. The fraction of sp³-hybridized carbons (Fsp3) is 0.529. The zero-order valence-electron chi connectivity index (χ0n) is 14.4. The van der Waals surface area contributed by atoms with Gasteiger partial charge in [0.2, 0.25) is 0 Å². The van der Waals surface area contributed by atoms with Crippen LogP contribution in [0.25, 0.3) is 5.82 Å². The van der Waals surface area contributed by atoms with Gasteiger partial charge in [0.15, 0.2) is 11.6 Å². The molecule has 2 aromatic heterocycles. The molecule has 128 valence electrons. The number of ether oxygens (including phenoxy) is 1. The second kappa shape index (κ2) is 6.98. The number of anilines is 1. The van der Waals surface area contributed by atoms with Gasteiger partial charge in [-0.05, 0) is 51.8 Å². The molecule has 1 aliphatic rings. The van der Waals surface area contributed by atoms with Gasteiger partial charge in [-0.25, -0.2) is 4.68 Å². The molecule has 0 radical (unpaired) electrons. The first-order chi connectivity index (χ1) is 11.6. The van der Waals surface area contributed by atoms with Crippen LogP contribution < -0.4 is 4.90 Å². The molecule has 3 heterocycles. The summed E-state index contributed by atoms with van der Waals surface area (Å²) in [6, 6.07) is 5.85. The van der Waals surface area contributed by atoms with Gasteiger partial charge in [0.25, 0.3) is 0 Å². The Kier molecular flexibility index (Phi) is 4.78. The smallest absolute Gasteiger partial charge is 0.310 e. The lowest BCUT2D eigenvalue weighted by Gasteiger charge is -2.32. The molecule has 0 aromatic carbocycles. The molecule has 0 bridgehead atoms. The van der Waals surface area contributed by atoms with Gasteiger partial charge in [-0.1, -0.05) is 0 Å². The minimum atomic E-state index is -0.116. The normalized spacial score (nSPS) is 17.8. The zero-order chi connectivity index (χ0) is 17.1. The third kappa shape index (κ3) is 3.39. The predicted octanol–water partition coefficient (Wildman–Crippen LogP) is 2.06. The van der Waals surface area contributed by atoms with E-state index in [2.05, 4.69) is 20.2 Å². The Morgan fingerprint density at radius 2 is 2.04 bits per heavy atom. The topological polar surface area (TPSA) is 73.1 Å². The van der Waals surface area contributed by atoms with Gasteiger partial charge in [0.05, 0.1) is 18.2 Å². The summed E-state index contributed by atoms with van der Waals surface area (Å²) in [6.07, 6.45) is 1.82. The summed E-state index contributed by atoms with van der Waals surface area (Å²) in [5.41, 5.74) is 1.97. The second-order valence-electron chi connectivity index (χ2n) is 6.13. The van der Waals surface area contributed by atoms with Crippen molar-refractivity contribution in [1.29, 1.82) is 0 Å². The quantitative estimate of drug-likeness (QED) is 0.800. The standard InChI is InChI=1S/C17H23N5O2/c1-4-24-17(23)14-6-5-9-21(11-14)15-7-8-16(19-18-15)22-13(3)10-12(2)20-22/h7-8,10,14H,4-6,9,11H2,1-3H3. The average Bonchev–Trinajstić information content (AvgIpc) is 2.94. The lowest BCUT2D eigenvalue weighted by molar-refractivity contribution is -0.148. The van der Waals surface area contributed by atoms with Crippen molar-refractivity contribution in [3.63, 3.8) is 0 Å². The molecule has 0 N–H and O–H groups in total. The second-order valence-corrected chi connectivity index (χ2v) is 6.13. The van der Waals surface area contributed by atoms with Crippen LogP contribution in [0.4, 0.5) is 5.82 Å². The number of hydrogen-bond donors (Lipinski definition) is 0. The van der Waals surface area contributed by atoms with Crippen LogP contribution >= 0.6 is 0 Å². The molecule has 1 unspecified atom stereocenters. The minimum Gasteiger partial charge on any atom is -0.466 e. The van der Waals surface area contributed by atoms with Gasteiger partial charge in [-0.2, -0.15) is 5.10 Å². The van der Waals surface area contributed by atoms with Gasteiger partial charge in [0, 0.05) is 18.8 Å². The molecule has 0 saturated carbocycles. The molecule has 1 aliphatic heterocycles. The molecule has 24 heavy (non-hydrogen) atoms. The van der Waals surface area contributed by atoms with E-state index in [0.717, 1.165) is 36.6 Å². The summed E-state index contributed by atoms with van der Waals surface area (Å²) in [7, 11) is 0. The largest absolute Gasteiger partial charge is 0.466 e. The van der Waals surface area contributed by atoms with Crippen molar-refractivity contribution in [3.8, 4) is 5.82 Å². The summed E-state index contributed by atoms with van der Waals surface area (Å²) >= 11 is 0. The van der Waals surface area contributed by atoms with E-state index >= 15 is 0 Å². The monoisotopic (exact) mass is 329 g/mol. The summed E-state index contributed by atoms with van der Waals surface area (Å²) in [6.45, 7) is 7.71. The van der Waals surface area contributed by atoms with Crippen molar-refractivity contribution in [3.05, 3.63) is 29.6 Å². The summed E-state index contributed by atoms with van der Waals surface area (Å²) in [5, 5.41) is 13.0. The van der Waals surface area contributed by atoms with Crippen molar-refractivity contribution < 1.29 is 9.53 Å². The van der Waals surface area contributed by atoms with Crippen LogP contribution in [-0.2, 0) is 9.53 Å². The van der Waals surface area contributed by atoms with Crippen LogP contribution in [0.5, 0.6) is 0 Å². The summed E-state index contributed by atoms with van der Waals surface area (Å²) in [4.78, 5) is 14.1. The summed E-state index contributed by atoms with van der Waals surface area (Å²) in [5.74, 6) is 1.28. The fourth-order valence-corrected chi connectivity index (χ4v) is 3.10. The number of hydrogen-bond acceptors (Lipinski definition) is 6. The van der Waals surface area contributed by atoms with Crippen LogP contribution in [0, 0.1) is 19.8 Å². The van der Waals surface area contributed by atoms with Gasteiger partial charge in [0.1, 0.15) is 0 Å². The Hall–Kier alpha value is -2.44. The molecule has 1 atom stereocenters. The molecule has 3 rings (SSSR count). The van der Waals surface area contributed by atoms with E-state index in [1.165, 1.54) is 0 Å². The van der Waals surface area contributed by atoms with Crippen LogP contribution in [-0.4, -0.2) is 45.6 Å². The Balaban J connectivity index is 1.73. The van der Waals surface area contributed by atoms with Gasteiger partial charge in [-0.15, -0.1) is 10.2 Å². The minimum absolute atomic E-state index is 0.0869. The first-order valence-electron chi connectivity index (χ1n) is 8.37. The van der Waals surface area contributed by atoms with Crippen LogP contribution in [0.2, 0.25) is 0 Å². The highest BCUT2D eigenvalue weighted by atomic mass is 16.5. The van der Waals surface area contributed by atoms with Crippen molar-refractivity contribution in [2.45, 2.75) is 33.6 Å². The highest BCUT2D eigenvalue weighted by Crippen LogP contribution is 2.22. The Morgan fingerprint density at radius 3 is 2.67 bits per heavy atom. The van der Waals surface area contributed by atoms with Crippen LogP contribution in [0.15, 0.2) is 18.2 Å². The SMILES string of the molecule is CCOC(=O)C1CCCN(c2ccc(-n3nc(C)cc3C)nn2)C1. The third-order valence-electron chi connectivity index (χ3n) is 4.23. The van der Waals surface area contributed by atoms with Crippen molar-refractivity contribution in [1.82, 2.24) is 20.0 Å². The highest BCUT2D eigenvalue weighted by Gasteiger charge is 2.27. The number of aryl methyl sites for hydroxylation is 2. The lowest BCUT2D eigenvalue weighted by Crippen LogP contribution is -2.40. The maximum Gasteiger partial charge on any atom is 0.310 e. The predicted molar refractivity (Wildman–Crippen MR) is 90.2 cm³/mol. The summed E-state index contributed by atoms with van der Waals surface area (Å²) < 4.78 is 6.93. The maximum absolute atomic E-state index is 12.0. The highest BCUT2D eigenvalue weighted by molar-refractivity contribution is 5.73. The Bertz CT molecular complexity index is 710. The van der Waals surface area contributed by atoms with Crippen molar-refractivity contribution in [2.24, 2.45) is 5.92 Å². The molecular formula is C17H23N5O2. The van der Waals surface area contributed by atoms with E-state index in [9.17, 15) is 4.79 Å². The molecule has 0 spiro atoms. The fourth-order valence-electron chi connectivity index (χ4n) is 3.10. The number of esters is 1. The number of rotatable bonds is 4. The molecule has 7 heteroatoms. The molecule has 0 aliphatic carbocycles. The van der Waals surface area contributed by atoms with Crippen molar-refractivity contribution >= 4 is 11.8 Å². The molecule has 0 amide bonds. The first kappa shape index (κ1) is 16.4. The van der Waals surface area contributed by atoms with Gasteiger partial charge < -0.3 is 9.64 Å².